The molecule has 9 nitrogen and oxygen atoms in total. The van der Waals surface area contributed by atoms with E-state index in [0.717, 1.165) is 69.5 Å². The molecule has 1 amide bonds. The highest BCUT2D eigenvalue weighted by molar-refractivity contribution is 6.19. The number of amides is 1. The number of ether oxygens (including phenoxy) is 2. The third kappa shape index (κ3) is 5.05. The number of hydrogen-bond donors (Lipinski definition) is 1. The molecule has 0 bridgehead atoms. The van der Waals surface area contributed by atoms with Crippen LogP contribution in [0.15, 0.2) is 30.3 Å². The van der Waals surface area contributed by atoms with Crippen molar-refractivity contribution in [2.75, 3.05) is 24.6 Å². The summed E-state index contributed by atoms with van der Waals surface area (Å²) in [6.07, 6.45) is 8.98. The summed E-state index contributed by atoms with van der Waals surface area (Å²) in [7, 11) is 2.10. The van der Waals surface area contributed by atoms with E-state index in [2.05, 4.69) is 28.3 Å². The lowest BCUT2D eigenvalue weighted by atomic mass is 9.98. The van der Waals surface area contributed by atoms with Gasteiger partial charge in [0, 0.05) is 43.0 Å². The van der Waals surface area contributed by atoms with Crippen LogP contribution in [0.2, 0.25) is 0 Å². The summed E-state index contributed by atoms with van der Waals surface area (Å²) < 4.78 is 13.7. The molecule has 1 saturated heterocycles. The van der Waals surface area contributed by atoms with Gasteiger partial charge in [0.15, 0.2) is 5.82 Å². The Morgan fingerprint density at radius 3 is 2.56 bits per heavy atom. The van der Waals surface area contributed by atoms with Gasteiger partial charge in [-0.05, 0) is 69.4 Å². The second-order valence-corrected chi connectivity index (χ2v) is 10.4. The van der Waals surface area contributed by atoms with Gasteiger partial charge in [-0.1, -0.05) is 12.1 Å². The summed E-state index contributed by atoms with van der Waals surface area (Å²) in [6, 6.07) is 9.84. The monoisotopic (exact) mass is 488 g/mol. The molecule has 3 aromatic rings. The largest absolute Gasteiger partial charge is 0.473 e. The van der Waals surface area contributed by atoms with E-state index in [4.69, 9.17) is 14.6 Å². The SMILES string of the molecule is BN(CC1CCOCC1)c1cc(OC2CCCC2)nn2c(-c3ccc(C(=O)NC4CC4)cc3)nnc12. The predicted molar refractivity (Wildman–Crippen MR) is 139 cm³/mol. The highest BCUT2D eigenvalue weighted by Gasteiger charge is 2.25. The quantitative estimate of drug-likeness (QED) is 0.488. The number of anilines is 1. The fourth-order valence-corrected chi connectivity index (χ4v) is 5.22. The average Bonchev–Trinajstić information content (AvgIpc) is 3.37. The Labute approximate surface area is 212 Å². The van der Waals surface area contributed by atoms with Crippen LogP contribution in [0.25, 0.3) is 17.0 Å². The fraction of sp³-hybridized carbons (Fsp3) is 0.538. The van der Waals surface area contributed by atoms with Crippen molar-refractivity contribution < 1.29 is 14.3 Å². The molecule has 1 aromatic carbocycles. The molecule has 0 radical (unpaired) electrons. The molecular formula is C26H33BN6O3. The number of carbonyl (C=O) groups excluding carboxylic acids is 1. The van der Waals surface area contributed by atoms with Gasteiger partial charge in [-0.25, -0.2) is 0 Å². The van der Waals surface area contributed by atoms with Crippen molar-refractivity contribution in [3.8, 4) is 17.3 Å². The van der Waals surface area contributed by atoms with Crippen LogP contribution in [0.4, 0.5) is 5.69 Å². The normalized spacial score (nSPS) is 19.0. The zero-order valence-electron chi connectivity index (χ0n) is 20.9. The van der Waals surface area contributed by atoms with Gasteiger partial charge in [0.2, 0.25) is 19.5 Å². The first-order chi connectivity index (χ1) is 17.6. The zero-order valence-corrected chi connectivity index (χ0v) is 20.9. The standard InChI is InChI=1S/C26H33BN6O3/c27-32(16-17-11-13-35-14-12-17)22-15-23(36-21-3-1-2-4-21)31-33-24(29-30-25(22)33)18-5-7-19(8-6-18)26(34)28-20-9-10-20/h5-8,15,17,20-21H,1-4,9-14,16,27H2,(H,28,34). The highest BCUT2D eigenvalue weighted by Crippen LogP contribution is 2.31. The Bertz CT molecular complexity index is 1220. The van der Waals surface area contributed by atoms with Crippen LogP contribution < -0.4 is 14.9 Å². The average molecular weight is 488 g/mol. The van der Waals surface area contributed by atoms with Crippen molar-refractivity contribution in [3.63, 3.8) is 0 Å². The first-order valence-corrected chi connectivity index (χ1v) is 13.3. The van der Waals surface area contributed by atoms with E-state index in [0.29, 0.717) is 34.9 Å². The van der Waals surface area contributed by atoms with Crippen molar-refractivity contribution in [1.29, 1.82) is 0 Å². The Kier molecular flexibility index (Phi) is 6.52. The highest BCUT2D eigenvalue weighted by atomic mass is 16.5. The van der Waals surface area contributed by atoms with Crippen LogP contribution in [0.3, 0.4) is 0 Å². The molecule has 3 heterocycles. The molecule has 1 N–H and O–H groups in total. The van der Waals surface area contributed by atoms with Gasteiger partial charge in [0.1, 0.15) is 6.10 Å². The van der Waals surface area contributed by atoms with Gasteiger partial charge in [0.05, 0.1) is 5.69 Å². The molecule has 2 aromatic heterocycles. The number of carbonyl (C=O) groups is 1. The smallest absolute Gasteiger partial charge is 0.251 e. The van der Waals surface area contributed by atoms with E-state index in [9.17, 15) is 4.79 Å². The molecule has 3 fully saturated rings. The van der Waals surface area contributed by atoms with Crippen LogP contribution in [0, 0.1) is 5.92 Å². The predicted octanol–water partition coefficient (Wildman–Crippen LogP) is 2.79. The molecule has 0 atom stereocenters. The second kappa shape index (κ2) is 10.1. The molecule has 6 rings (SSSR count). The lowest BCUT2D eigenvalue weighted by Gasteiger charge is -2.29. The summed E-state index contributed by atoms with van der Waals surface area (Å²) in [5.74, 6) is 1.78. The molecule has 36 heavy (non-hydrogen) atoms. The minimum atomic E-state index is -0.0300. The van der Waals surface area contributed by atoms with E-state index < -0.39 is 0 Å². The Morgan fingerprint density at radius 2 is 1.83 bits per heavy atom. The number of fused-ring (bicyclic) bond motifs is 1. The molecule has 2 saturated carbocycles. The first kappa shape index (κ1) is 23.3. The molecule has 0 spiro atoms. The lowest BCUT2D eigenvalue weighted by Crippen LogP contribution is -2.31. The molecule has 0 unspecified atom stereocenters. The van der Waals surface area contributed by atoms with E-state index in [-0.39, 0.29) is 12.0 Å². The van der Waals surface area contributed by atoms with Crippen molar-refractivity contribution in [2.24, 2.45) is 5.92 Å². The van der Waals surface area contributed by atoms with E-state index in [1.165, 1.54) is 12.8 Å². The van der Waals surface area contributed by atoms with Crippen LogP contribution in [-0.2, 0) is 4.74 Å². The number of aromatic nitrogens is 4. The van der Waals surface area contributed by atoms with Gasteiger partial charge in [-0.3, -0.25) is 4.79 Å². The first-order valence-electron chi connectivity index (χ1n) is 13.3. The molecular weight excluding hydrogens is 455 g/mol. The van der Waals surface area contributed by atoms with Crippen molar-refractivity contribution >= 4 is 25.2 Å². The molecule has 2 aliphatic carbocycles. The Hall–Kier alpha value is -3.14. The van der Waals surface area contributed by atoms with Gasteiger partial charge >= 0.3 is 0 Å². The number of benzene rings is 1. The van der Waals surface area contributed by atoms with Gasteiger partial charge in [-0.15, -0.1) is 15.3 Å². The third-order valence-corrected chi connectivity index (χ3v) is 7.52. The van der Waals surface area contributed by atoms with Gasteiger partial charge in [-0.2, -0.15) is 4.52 Å². The van der Waals surface area contributed by atoms with Crippen molar-refractivity contribution in [2.45, 2.75) is 63.5 Å². The number of rotatable bonds is 8. The van der Waals surface area contributed by atoms with E-state index >= 15 is 0 Å². The topological polar surface area (TPSA) is 93.9 Å². The van der Waals surface area contributed by atoms with E-state index in [1.54, 1.807) is 4.52 Å². The Balaban J connectivity index is 1.32. The Morgan fingerprint density at radius 1 is 1.08 bits per heavy atom. The lowest BCUT2D eigenvalue weighted by molar-refractivity contribution is 0.0691. The maximum absolute atomic E-state index is 12.4. The molecule has 3 aliphatic rings. The zero-order chi connectivity index (χ0) is 24.5. The maximum Gasteiger partial charge on any atom is 0.251 e. The summed E-state index contributed by atoms with van der Waals surface area (Å²) >= 11 is 0. The number of nitrogens with one attached hydrogen (secondary N) is 1. The van der Waals surface area contributed by atoms with Crippen molar-refractivity contribution in [1.82, 2.24) is 25.1 Å². The molecule has 1 aliphatic heterocycles. The summed E-state index contributed by atoms with van der Waals surface area (Å²) in [5.41, 5.74) is 3.17. The minimum absolute atomic E-state index is 0.0300. The van der Waals surface area contributed by atoms with Crippen LogP contribution in [0.5, 0.6) is 5.88 Å². The summed E-state index contributed by atoms with van der Waals surface area (Å²) in [6.45, 7) is 2.56. The van der Waals surface area contributed by atoms with E-state index in [1.807, 2.05) is 30.3 Å². The van der Waals surface area contributed by atoms with Crippen molar-refractivity contribution in [3.05, 3.63) is 35.9 Å². The second-order valence-electron chi connectivity index (χ2n) is 10.4. The van der Waals surface area contributed by atoms with Crippen LogP contribution in [0.1, 0.15) is 61.7 Å². The maximum atomic E-state index is 12.4. The number of nitrogens with zero attached hydrogens (tertiary/aromatic N) is 5. The number of hydrogen-bond acceptors (Lipinski definition) is 7. The minimum Gasteiger partial charge on any atom is -0.473 e. The van der Waals surface area contributed by atoms with Crippen LogP contribution in [-0.4, -0.2) is 65.6 Å². The third-order valence-electron chi connectivity index (χ3n) is 7.52. The molecule has 10 heteroatoms. The summed E-state index contributed by atoms with van der Waals surface area (Å²) in [5, 5.41) is 16.9. The fourth-order valence-electron chi connectivity index (χ4n) is 5.22. The van der Waals surface area contributed by atoms with Crippen LogP contribution >= 0.6 is 0 Å². The summed E-state index contributed by atoms with van der Waals surface area (Å²) in [4.78, 5) is 14.7. The van der Waals surface area contributed by atoms with Gasteiger partial charge < -0.3 is 19.6 Å². The molecule has 188 valence electrons. The van der Waals surface area contributed by atoms with Gasteiger partial charge in [0.25, 0.3) is 5.91 Å².